The van der Waals surface area contributed by atoms with Gasteiger partial charge in [-0.3, -0.25) is 9.98 Å². The molecule has 0 saturated carbocycles. The van der Waals surface area contributed by atoms with Crippen LogP contribution in [0.25, 0.3) is 0 Å². The van der Waals surface area contributed by atoms with Crippen LogP contribution >= 0.6 is 21.6 Å². The summed E-state index contributed by atoms with van der Waals surface area (Å²) in [6.45, 7) is 0. The Hall–Kier alpha value is -0.740. The van der Waals surface area contributed by atoms with Gasteiger partial charge in [0.25, 0.3) is 0 Å². The van der Waals surface area contributed by atoms with Crippen molar-refractivity contribution < 1.29 is 0 Å². The molecule has 0 fully saturated rings. The van der Waals surface area contributed by atoms with Gasteiger partial charge in [-0.05, 0) is 18.6 Å². The standard InChI is InChI=1S/C10H10N2S2/c1-5-11-6-2-9(1)13-14-10-3-7-12-8-4-10/h1-3,5-8,10H,4H2. The Kier molecular flexibility index (Phi) is 3.65. The predicted octanol–water partition coefficient (Wildman–Crippen LogP) is 3.18. The van der Waals surface area contributed by atoms with Crippen LogP contribution in [0.2, 0.25) is 0 Å². The molecule has 1 aliphatic rings. The van der Waals surface area contributed by atoms with Crippen molar-refractivity contribution in [1.82, 2.24) is 4.98 Å². The smallest absolute Gasteiger partial charge is 0.0401 e. The van der Waals surface area contributed by atoms with E-state index < -0.39 is 0 Å². The lowest BCUT2D eigenvalue weighted by Gasteiger charge is -2.10. The van der Waals surface area contributed by atoms with E-state index in [1.807, 2.05) is 47.7 Å². The van der Waals surface area contributed by atoms with Crippen molar-refractivity contribution in [2.75, 3.05) is 0 Å². The predicted molar refractivity (Wildman–Crippen MR) is 63.7 cm³/mol. The molecule has 1 aromatic rings. The first-order chi connectivity index (χ1) is 6.95. The molecule has 4 heteroatoms. The molecule has 1 atom stereocenters. The van der Waals surface area contributed by atoms with Crippen LogP contribution in [0.4, 0.5) is 0 Å². The van der Waals surface area contributed by atoms with Crippen LogP contribution in [-0.4, -0.2) is 16.4 Å². The van der Waals surface area contributed by atoms with E-state index in [0.29, 0.717) is 5.25 Å². The van der Waals surface area contributed by atoms with Crippen LogP contribution in [0.1, 0.15) is 6.42 Å². The van der Waals surface area contributed by atoms with E-state index in [2.05, 4.69) is 16.1 Å². The van der Waals surface area contributed by atoms with E-state index >= 15 is 0 Å². The van der Waals surface area contributed by atoms with Crippen molar-refractivity contribution in [2.24, 2.45) is 4.99 Å². The summed E-state index contributed by atoms with van der Waals surface area (Å²) in [4.78, 5) is 9.28. The van der Waals surface area contributed by atoms with Crippen LogP contribution in [0.3, 0.4) is 0 Å². The van der Waals surface area contributed by atoms with Crippen molar-refractivity contribution >= 4 is 27.8 Å². The number of rotatable bonds is 3. The lowest BCUT2D eigenvalue weighted by molar-refractivity contribution is 1.11. The van der Waals surface area contributed by atoms with Gasteiger partial charge in [0, 0.05) is 35.0 Å². The largest absolute Gasteiger partial charge is 0.269 e. The molecule has 72 valence electrons. The Bertz CT molecular complexity index is 335. The van der Waals surface area contributed by atoms with Crippen molar-refractivity contribution in [2.45, 2.75) is 16.6 Å². The minimum atomic E-state index is 0.547. The van der Waals surface area contributed by atoms with Gasteiger partial charge in [0.2, 0.25) is 0 Å². The second-order valence-electron chi connectivity index (χ2n) is 2.81. The summed E-state index contributed by atoms with van der Waals surface area (Å²) < 4.78 is 0. The van der Waals surface area contributed by atoms with Gasteiger partial charge >= 0.3 is 0 Å². The normalized spacial score (nSPS) is 19.9. The highest BCUT2D eigenvalue weighted by Gasteiger charge is 2.07. The molecule has 0 aliphatic carbocycles. The van der Waals surface area contributed by atoms with E-state index in [9.17, 15) is 0 Å². The Labute approximate surface area is 91.3 Å². The van der Waals surface area contributed by atoms with Gasteiger partial charge in [-0.1, -0.05) is 27.7 Å². The summed E-state index contributed by atoms with van der Waals surface area (Å²) in [5.74, 6) is 0. The zero-order valence-electron chi connectivity index (χ0n) is 7.54. The molecular formula is C10H10N2S2. The van der Waals surface area contributed by atoms with Gasteiger partial charge in [0.15, 0.2) is 0 Å². The number of aromatic nitrogens is 1. The number of hydrogen-bond acceptors (Lipinski definition) is 4. The average Bonchev–Trinajstić information content (AvgIpc) is 2.29. The average molecular weight is 222 g/mol. The Balaban J connectivity index is 1.83. The second kappa shape index (κ2) is 5.22. The van der Waals surface area contributed by atoms with Crippen LogP contribution in [-0.2, 0) is 0 Å². The molecule has 1 unspecified atom stereocenters. The highest BCUT2D eigenvalue weighted by Crippen LogP contribution is 2.36. The van der Waals surface area contributed by atoms with Crippen molar-refractivity contribution in [1.29, 1.82) is 0 Å². The molecule has 1 aromatic heterocycles. The molecule has 1 aliphatic heterocycles. The van der Waals surface area contributed by atoms with Gasteiger partial charge < -0.3 is 0 Å². The third-order valence-electron chi connectivity index (χ3n) is 1.75. The third-order valence-corrected chi connectivity index (χ3v) is 4.51. The summed E-state index contributed by atoms with van der Waals surface area (Å²) in [6, 6.07) is 4.05. The molecule has 2 heterocycles. The van der Waals surface area contributed by atoms with E-state index in [1.165, 1.54) is 4.90 Å². The van der Waals surface area contributed by atoms with Crippen molar-refractivity contribution in [3.05, 3.63) is 36.8 Å². The zero-order valence-corrected chi connectivity index (χ0v) is 9.17. The van der Waals surface area contributed by atoms with Gasteiger partial charge in [-0.25, -0.2) is 0 Å². The minimum Gasteiger partial charge on any atom is -0.269 e. The van der Waals surface area contributed by atoms with Gasteiger partial charge in [0.1, 0.15) is 0 Å². The lowest BCUT2D eigenvalue weighted by atomic mass is 10.3. The second-order valence-corrected chi connectivity index (χ2v) is 5.32. The molecule has 0 spiro atoms. The monoisotopic (exact) mass is 222 g/mol. The van der Waals surface area contributed by atoms with E-state index in [-0.39, 0.29) is 0 Å². The molecule has 0 aromatic carbocycles. The molecule has 0 saturated heterocycles. The highest BCUT2D eigenvalue weighted by molar-refractivity contribution is 8.77. The van der Waals surface area contributed by atoms with Crippen LogP contribution < -0.4 is 0 Å². The highest BCUT2D eigenvalue weighted by atomic mass is 33.1. The first kappa shape index (κ1) is 9.80. The van der Waals surface area contributed by atoms with E-state index in [0.717, 1.165) is 6.42 Å². The van der Waals surface area contributed by atoms with Gasteiger partial charge in [-0.15, -0.1) is 0 Å². The number of hydrogen-bond donors (Lipinski definition) is 0. The molecule has 0 bridgehead atoms. The Morgan fingerprint density at radius 3 is 2.86 bits per heavy atom. The number of nitrogens with zero attached hydrogens (tertiary/aromatic N) is 2. The fraction of sp³-hybridized carbons (Fsp3) is 0.200. The summed E-state index contributed by atoms with van der Waals surface area (Å²) >= 11 is 0. The van der Waals surface area contributed by atoms with Crippen LogP contribution in [0.5, 0.6) is 0 Å². The molecular weight excluding hydrogens is 212 g/mol. The first-order valence-electron chi connectivity index (χ1n) is 4.37. The van der Waals surface area contributed by atoms with E-state index in [4.69, 9.17) is 0 Å². The van der Waals surface area contributed by atoms with Crippen LogP contribution in [0.15, 0.2) is 46.7 Å². The number of aliphatic imine (C=N–C) groups is 1. The fourth-order valence-corrected chi connectivity index (χ4v) is 3.26. The molecule has 0 radical (unpaired) electrons. The third kappa shape index (κ3) is 2.89. The first-order valence-corrected chi connectivity index (χ1v) is 6.58. The Morgan fingerprint density at radius 2 is 2.14 bits per heavy atom. The molecule has 14 heavy (non-hydrogen) atoms. The fourth-order valence-electron chi connectivity index (χ4n) is 1.03. The van der Waals surface area contributed by atoms with Crippen LogP contribution in [0, 0.1) is 0 Å². The van der Waals surface area contributed by atoms with Gasteiger partial charge in [-0.2, -0.15) is 0 Å². The topological polar surface area (TPSA) is 25.2 Å². The van der Waals surface area contributed by atoms with E-state index in [1.54, 1.807) is 10.8 Å². The SMILES string of the molecule is C1=CC(SSc2ccncc2)CC=N1. The molecule has 2 rings (SSSR count). The maximum absolute atomic E-state index is 4.04. The summed E-state index contributed by atoms with van der Waals surface area (Å²) in [5.41, 5.74) is 0. The Morgan fingerprint density at radius 1 is 1.29 bits per heavy atom. The summed E-state index contributed by atoms with van der Waals surface area (Å²) in [5, 5.41) is 0.547. The van der Waals surface area contributed by atoms with Crippen molar-refractivity contribution in [3.8, 4) is 0 Å². The molecule has 0 N–H and O–H groups in total. The minimum absolute atomic E-state index is 0.547. The summed E-state index contributed by atoms with van der Waals surface area (Å²) in [6.07, 6.45) is 10.6. The maximum Gasteiger partial charge on any atom is 0.0401 e. The molecule has 0 amide bonds. The molecule has 2 nitrogen and oxygen atoms in total. The number of pyridine rings is 1. The maximum atomic E-state index is 4.04. The van der Waals surface area contributed by atoms with Gasteiger partial charge in [0.05, 0.1) is 0 Å². The lowest BCUT2D eigenvalue weighted by Crippen LogP contribution is -1.99. The van der Waals surface area contributed by atoms with Crippen molar-refractivity contribution in [3.63, 3.8) is 0 Å². The zero-order chi connectivity index (χ0) is 9.64. The quantitative estimate of drug-likeness (QED) is 0.734. The summed E-state index contributed by atoms with van der Waals surface area (Å²) in [7, 11) is 3.65.